The number of benzene rings is 1. The third-order valence-electron chi connectivity index (χ3n) is 4.18. The number of amides is 1. The van der Waals surface area contributed by atoms with Crippen LogP contribution in [0.3, 0.4) is 0 Å². The zero-order valence-electron chi connectivity index (χ0n) is 12.6. The number of likely N-dealkylation sites (tertiary alicyclic amines) is 1. The molecule has 1 fully saturated rings. The first-order chi connectivity index (χ1) is 10.6. The van der Waals surface area contributed by atoms with Crippen molar-refractivity contribution in [3.63, 3.8) is 0 Å². The lowest BCUT2D eigenvalue weighted by molar-refractivity contribution is -0.134. The van der Waals surface area contributed by atoms with Crippen molar-refractivity contribution in [2.45, 2.75) is 25.9 Å². The van der Waals surface area contributed by atoms with Gasteiger partial charge in [0.15, 0.2) is 0 Å². The predicted octanol–water partition coefficient (Wildman–Crippen LogP) is 2.11. The molecule has 1 aromatic heterocycles. The molecule has 2 heterocycles. The van der Waals surface area contributed by atoms with Gasteiger partial charge in [0.25, 0.3) is 0 Å². The number of oxazole rings is 1. The molecule has 22 heavy (non-hydrogen) atoms. The Labute approximate surface area is 129 Å². The molecule has 5 heteroatoms. The van der Waals surface area contributed by atoms with Crippen LogP contribution in [0.25, 0.3) is 11.5 Å². The van der Waals surface area contributed by atoms with E-state index < -0.39 is 6.10 Å². The van der Waals surface area contributed by atoms with E-state index in [1.54, 1.807) is 4.90 Å². The van der Waals surface area contributed by atoms with Gasteiger partial charge < -0.3 is 14.4 Å². The number of carbonyl (C=O) groups is 1. The number of aromatic nitrogens is 1. The van der Waals surface area contributed by atoms with Crippen molar-refractivity contribution < 1.29 is 14.3 Å². The monoisotopic (exact) mass is 300 g/mol. The van der Waals surface area contributed by atoms with Crippen molar-refractivity contribution in [2.24, 2.45) is 5.92 Å². The molecule has 116 valence electrons. The van der Waals surface area contributed by atoms with Crippen LogP contribution in [-0.4, -0.2) is 40.1 Å². The minimum atomic E-state index is -0.435. The maximum Gasteiger partial charge on any atom is 0.228 e. The largest absolute Gasteiger partial charge is 0.444 e. The Kier molecular flexibility index (Phi) is 4.24. The lowest BCUT2D eigenvalue weighted by Crippen LogP contribution is -2.46. The number of nitrogens with zero attached hydrogens (tertiary/aromatic N) is 2. The molecule has 0 aliphatic carbocycles. The molecule has 3 rings (SSSR count). The topological polar surface area (TPSA) is 66.6 Å². The summed E-state index contributed by atoms with van der Waals surface area (Å²) in [6.45, 7) is 3.11. The van der Waals surface area contributed by atoms with Gasteiger partial charge in [-0.05, 0) is 24.5 Å². The van der Waals surface area contributed by atoms with Crippen molar-refractivity contribution >= 4 is 5.91 Å². The van der Waals surface area contributed by atoms with E-state index in [9.17, 15) is 9.90 Å². The molecule has 1 N–H and O–H groups in total. The molecule has 0 radical (unpaired) electrons. The molecule has 0 bridgehead atoms. The molecule has 2 atom stereocenters. The van der Waals surface area contributed by atoms with Gasteiger partial charge in [-0.3, -0.25) is 4.79 Å². The van der Waals surface area contributed by atoms with Crippen molar-refractivity contribution in [2.75, 3.05) is 13.1 Å². The van der Waals surface area contributed by atoms with Gasteiger partial charge in [-0.25, -0.2) is 4.98 Å². The Morgan fingerprint density at radius 3 is 2.91 bits per heavy atom. The first kappa shape index (κ1) is 14.8. The predicted molar refractivity (Wildman–Crippen MR) is 82.0 cm³/mol. The van der Waals surface area contributed by atoms with Gasteiger partial charge in [0, 0.05) is 18.7 Å². The fraction of sp³-hybridized carbons (Fsp3) is 0.412. The second kappa shape index (κ2) is 6.32. The van der Waals surface area contributed by atoms with Crippen molar-refractivity contribution in [3.8, 4) is 11.5 Å². The van der Waals surface area contributed by atoms with Crippen LogP contribution < -0.4 is 0 Å². The summed E-state index contributed by atoms with van der Waals surface area (Å²) in [6.07, 6.45) is 2.14. The van der Waals surface area contributed by atoms with Gasteiger partial charge in [0.2, 0.25) is 11.8 Å². The van der Waals surface area contributed by atoms with Gasteiger partial charge in [-0.15, -0.1) is 0 Å². The molecule has 0 spiro atoms. The van der Waals surface area contributed by atoms with E-state index >= 15 is 0 Å². The van der Waals surface area contributed by atoms with E-state index in [1.165, 1.54) is 6.26 Å². The maximum atomic E-state index is 12.3. The minimum Gasteiger partial charge on any atom is -0.444 e. The van der Waals surface area contributed by atoms with Gasteiger partial charge in [0.1, 0.15) is 6.26 Å². The van der Waals surface area contributed by atoms with E-state index in [2.05, 4.69) is 4.98 Å². The zero-order valence-corrected chi connectivity index (χ0v) is 12.6. The van der Waals surface area contributed by atoms with Crippen LogP contribution in [0.4, 0.5) is 0 Å². The number of hydrogen-bond acceptors (Lipinski definition) is 4. The highest BCUT2D eigenvalue weighted by Gasteiger charge is 2.27. The standard InChI is InChI=1S/C17H20N2O3/c1-12-7-8-19(10-15(12)20)16(21)9-14-11-22-17(18-14)13-5-3-2-4-6-13/h2-6,11-12,15,20H,7-10H2,1H3. The summed E-state index contributed by atoms with van der Waals surface area (Å²) >= 11 is 0. The highest BCUT2D eigenvalue weighted by Crippen LogP contribution is 2.20. The summed E-state index contributed by atoms with van der Waals surface area (Å²) in [4.78, 5) is 18.4. The third-order valence-corrected chi connectivity index (χ3v) is 4.18. The molecule has 0 saturated carbocycles. The number of hydrogen-bond donors (Lipinski definition) is 1. The van der Waals surface area contributed by atoms with Crippen LogP contribution >= 0.6 is 0 Å². The third kappa shape index (κ3) is 3.20. The fourth-order valence-electron chi connectivity index (χ4n) is 2.64. The maximum absolute atomic E-state index is 12.3. The van der Waals surface area contributed by atoms with Crippen molar-refractivity contribution in [1.82, 2.24) is 9.88 Å². The number of aliphatic hydroxyl groups is 1. The van der Waals surface area contributed by atoms with Gasteiger partial charge in [-0.1, -0.05) is 25.1 Å². The van der Waals surface area contributed by atoms with Gasteiger partial charge >= 0.3 is 0 Å². The van der Waals surface area contributed by atoms with Crippen LogP contribution in [0.15, 0.2) is 41.0 Å². The Balaban J connectivity index is 1.64. The number of aliphatic hydroxyl groups excluding tert-OH is 1. The molecule has 1 aliphatic rings. The lowest BCUT2D eigenvalue weighted by atomic mass is 9.96. The van der Waals surface area contributed by atoms with Crippen LogP contribution in [-0.2, 0) is 11.2 Å². The second-order valence-corrected chi connectivity index (χ2v) is 5.86. The number of piperidine rings is 1. The van der Waals surface area contributed by atoms with E-state index in [0.29, 0.717) is 24.7 Å². The van der Waals surface area contributed by atoms with Crippen LogP contribution in [0.2, 0.25) is 0 Å². The second-order valence-electron chi connectivity index (χ2n) is 5.86. The van der Waals surface area contributed by atoms with Crippen molar-refractivity contribution in [3.05, 3.63) is 42.3 Å². The lowest BCUT2D eigenvalue weighted by Gasteiger charge is -2.34. The molecule has 2 unspecified atom stereocenters. The van der Waals surface area contributed by atoms with Crippen molar-refractivity contribution in [1.29, 1.82) is 0 Å². The molecular formula is C17H20N2O3. The molecule has 1 aromatic carbocycles. The summed E-state index contributed by atoms with van der Waals surface area (Å²) in [5, 5.41) is 9.89. The zero-order chi connectivity index (χ0) is 15.5. The van der Waals surface area contributed by atoms with Crippen LogP contribution in [0.1, 0.15) is 19.0 Å². The summed E-state index contributed by atoms with van der Waals surface area (Å²) in [5.74, 6) is 0.760. The molecule has 1 saturated heterocycles. The van der Waals surface area contributed by atoms with E-state index in [4.69, 9.17) is 4.42 Å². The average molecular weight is 300 g/mol. The smallest absolute Gasteiger partial charge is 0.228 e. The first-order valence-electron chi connectivity index (χ1n) is 7.59. The normalized spacial score (nSPS) is 21.8. The Hall–Kier alpha value is -2.14. The van der Waals surface area contributed by atoms with Gasteiger partial charge in [-0.2, -0.15) is 0 Å². The molecular weight excluding hydrogens is 280 g/mol. The summed E-state index contributed by atoms with van der Waals surface area (Å²) in [6, 6.07) is 9.60. The first-order valence-corrected chi connectivity index (χ1v) is 7.59. The Morgan fingerprint density at radius 1 is 1.41 bits per heavy atom. The SMILES string of the molecule is CC1CCN(C(=O)Cc2coc(-c3ccccc3)n2)CC1O. The molecule has 5 nitrogen and oxygen atoms in total. The van der Waals surface area contributed by atoms with Gasteiger partial charge in [0.05, 0.1) is 18.2 Å². The van der Waals surface area contributed by atoms with Crippen LogP contribution in [0.5, 0.6) is 0 Å². The summed E-state index contributed by atoms with van der Waals surface area (Å²) in [7, 11) is 0. The van der Waals surface area contributed by atoms with E-state index in [-0.39, 0.29) is 18.2 Å². The Morgan fingerprint density at radius 2 is 2.18 bits per heavy atom. The molecule has 1 amide bonds. The molecule has 1 aliphatic heterocycles. The Bertz CT molecular complexity index is 638. The van der Waals surface area contributed by atoms with Crippen LogP contribution in [0, 0.1) is 5.92 Å². The highest BCUT2D eigenvalue weighted by atomic mass is 16.3. The minimum absolute atomic E-state index is 0.0149. The summed E-state index contributed by atoms with van der Waals surface area (Å²) in [5.41, 5.74) is 1.51. The average Bonchev–Trinajstić information content (AvgIpc) is 2.99. The number of rotatable bonds is 3. The van der Waals surface area contributed by atoms with E-state index in [0.717, 1.165) is 12.0 Å². The quantitative estimate of drug-likeness (QED) is 0.943. The van der Waals surface area contributed by atoms with E-state index in [1.807, 2.05) is 37.3 Å². The summed E-state index contributed by atoms with van der Waals surface area (Å²) < 4.78 is 5.45. The fourth-order valence-corrected chi connectivity index (χ4v) is 2.64. The molecule has 2 aromatic rings. The number of carbonyl (C=O) groups excluding carboxylic acids is 1. The number of β-amino-alcohol motifs (C(OH)–C–C–N with tert-alkyl or cyclic N) is 1. The highest BCUT2D eigenvalue weighted by molar-refractivity contribution is 5.78.